The number of nitrogens with zero attached hydrogens (tertiary/aromatic N) is 1. The van der Waals surface area contributed by atoms with Gasteiger partial charge in [0.2, 0.25) is 0 Å². The predicted octanol–water partition coefficient (Wildman–Crippen LogP) is 4.07. The Kier molecular flexibility index (Phi) is 6.52. The van der Waals surface area contributed by atoms with Gasteiger partial charge in [-0.05, 0) is 61.7 Å². The van der Waals surface area contributed by atoms with Crippen molar-refractivity contribution in [1.29, 1.82) is 0 Å². The molecule has 3 atom stereocenters. The van der Waals surface area contributed by atoms with E-state index in [0.29, 0.717) is 0 Å². The van der Waals surface area contributed by atoms with Crippen molar-refractivity contribution >= 4 is 0 Å². The maximum atomic E-state index is 4.28. The summed E-state index contributed by atoms with van der Waals surface area (Å²) in [5, 5.41) is 3.56. The topological polar surface area (TPSA) is 24.9 Å². The number of nitrogens with one attached hydrogen (secondary N) is 1. The van der Waals surface area contributed by atoms with Crippen LogP contribution in [-0.4, -0.2) is 18.1 Å². The van der Waals surface area contributed by atoms with Crippen molar-refractivity contribution < 1.29 is 0 Å². The van der Waals surface area contributed by atoms with Crippen LogP contribution in [-0.2, 0) is 6.42 Å². The summed E-state index contributed by atoms with van der Waals surface area (Å²) in [5.74, 6) is 2.64. The van der Waals surface area contributed by atoms with Gasteiger partial charge in [-0.2, -0.15) is 0 Å². The molecule has 1 fully saturated rings. The highest BCUT2D eigenvalue weighted by Gasteiger charge is 2.29. The Morgan fingerprint density at radius 2 is 2.15 bits per heavy atom. The molecule has 112 valence electrons. The molecular formula is C18H30N2. The van der Waals surface area contributed by atoms with Gasteiger partial charge in [-0.3, -0.25) is 4.98 Å². The number of aromatic nitrogens is 1. The van der Waals surface area contributed by atoms with Crippen molar-refractivity contribution in [2.45, 2.75) is 52.4 Å². The molecule has 0 amide bonds. The fourth-order valence-electron chi connectivity index (χ4n) is 3.76. The average molecular weight is 274 g/mol. The minimum atomic E-state index is 0.837. The molecule has 1 N–H and O–H groups in total. The Bertz CT molecular complexity index is 363. The summed E-state index contributed by atoms with van der Waals surface area (Å²) in [6.07, 6.45) is 12.1. The van der Waals surface area contributed by atoms with Crippen LogP contribution >= 0.6 is 0 Å². The largest absolute Gasteiger partial charge is 0.317 e. The van der Waals surface area contributed by atoms with Gasteiger partial charge in [0, 0.05) is 12.4 Å². The van der Waals surface area contributed by atoms with Crippen molar-refractivity contribution in [3.8, 4) is 0 Å². The van der Waals surface area contributed by atoms with E-state index in [0.717, 1.165) is 24.3 Å². The summed E-state index contributed by atoms with van der Waals surface area (Å²) in [6.45, 7) is 6.81. The molecule has 1 aromatic rings. The van der Waals surface area contributed by atoms with Gasteiger partial charge in [0.1, 0.15) is 0 Å². The van der Waals surface area contributed by atoms with Gasteiger partial charge in [-0.25, -0.2) is 0 Å². The first-order chi connectivity index (χ1) is 9.83. The maximum Gasteiger partial charge on any atom is 0.0299 e. The molecule has 2 nitrogen and oxygen atoms in total. The fourth-order valence-corrected chi connectivity index (χ4v) is 3.76. The van der Waals surface area contributed by atoms with Gasteiger partial charge in [0.25, 0.3) is 0 Å². The van der Waals surface area contributed by atoms with Crippen molar-refractivity contribution in [3.63, 3.8) is 0 Å². The summed E-state index contributed by atoms with van der Waals surface area (Å²) in [4.78, 5) is 4.28. The van der Waals surface area contributed by atoms with Gasteiger partial charge in [0.05, 0.1) is 0 Å². The van der Waals surface area contributed by atoms with E-state index in [9.17, 15) is 0 Å². The van der Waals surface area contributed by atoms with Crippen molar-refractivity contribution in [2.75, 3.05) is 13.1 Å². The molecule has 0 radical (unpaired) electrons. The number of hydrogen-bond donors (Lipinski definition) is 1. The second kappa shape index (κ2) is 8.41. The number of rotatable bonds is 7. The molecule has 0 spiro atoms. The van der Waals surface area contributed by atoms with Crippen LogP contribution in [0.1, 0.15) is 51.5 Å². The molecule has 2 rings (SSSR count). The molecular weight excluding hydrogens is 244 g/mol. The highest BCUT2D eigenvalue weighted by Crippen LogP contribution is 2.37. The Morgan fingerprint density at radius 3 is 2.85 bits per heavy atom. The first-order valence-corrected chi connectivity index (χ1v) is 8.43. The van der Waals surface area contributed by atoms with Gasteiger partial charge >= 0.3 is 0 Å². The third-order valence-electron chi connectivity index (χ3n) is 4.82. The normalized spacial score (nSPS) is 26.6. The first-order valence-electron chi connectivity index (χ1n) is 8.43. The molecule has 3 unspecified atom stereocenters. The standard InChI is InChI=1S/C18H30N2/c1-3-6-15-8-9-17(14-19-4-2)18(11-15)12-16-7-5-10-20-13-16/h5,7,10,13,15,17-19H,3-4,6,8-9,11-12,14H2,1-2H3. The molecule has 0 aromatic carbocycles. The fraction of sp³-hybridized carbons (Fsp3) is 0.722. The monoisotopic (exact) mass is 274 g/mol. The second-order valence-corrected chi connectivity index (χ2v) is 6.36. The van der Waals surface area contributed by atoms with Crippen LogP contribution < -0.4 is 5.32 Å². The minimum absolute atomic E-state index is 0.837. The average Bonchev–Trinajstić information content (AvgIpc) is 2.48. The van der Waals surface area contributed by atoms with E-state index in [-0.39, 0.29) is 0 Å². The maximum absolute atomic E-state index is 4.28. The van der Waals surface area contributed by atoms with E-state index < -0.39 is 0 Å². The van der Waals surface area contributed by atoms with Gasteiger partial charge in [0.15, 0.2) is 0 Å². The molecule has 0 saturated heterocycles. The van der Waals surface area contributed by atoms with Crippen LogP contribution in [0.4, 0.5) is 0 Å². The molecule has 1 heterocycles. The van der Waals surface area contributed by atoms with E-state index in [1.807, 2.05) is 12.4 Å². The Morgan fingerprint density at radius 1 is 1.25 bits per heavy atom. The zero-order chi connectivity index (χ0) is 14.2. The van der Waals surface area contributed by atoms with Gasteiger partial charge in [-0.15, -0.1) is 0 Å². The van der Waals surface area contributed by atoms with E-state index in [1.165, 1.54) is 50.6 Å². The Balaban J connectivity index is 1.97. The van der Waals surface area contributed by atoms with Crippen molar-refractivity contribution in [3.05, 3.63) is 30.1 Å². The van der Waals surface area contributed by atoms with E-state index >= 15 is 0 Å². The first kappa shape index (κ1) is 15.5. The lowest BCUT2D eigenvalue weighted by Crippen LogP contribution is -2.34. The highest BCUT2D eigenvalue weighted by molar-refractivity contribution is 5.10. The van der Waals surface area contributed by atoms with E-state index in [4.69, 9.17) is 0 Å². The van der Waals surface area contributed by atoms with Crippen LogP contribution in [0.15, 0.2) is 24.5 Å². The lowest BCUT2D eigenvalue weighted by atomic mass is 9.70. The van der Waals surface area contributed by atoms with Crippen molar-refractivity contribution in [2.24, 2.45) is 17.8 Å². The molecule has 1 aliphatic rings. The summed E-state index contributed by atoms with van der Waals surface area (Å²) in [5.41, 5.74) is 1.41. The second-order valence-electron chi connectivity index (χ2n) is 6.36. The van der Waals surface area contributed by atoms with E-state index in [2.05, 4.69) is 36.3 Å². The quantitative estimate of drug-likeness (QED) is 0.811. The molecule has 1 aromatic heterocycles. The van der Waals surface area contributed by atoms with Crippen molar-refractivity contribution in [1.82, 2.24) is 10.3 Å². The van der Waals surface area contributed by atoms with Gasteiger partial charge < -0.3 is 5.32 Å². The lowest BCUT2D eigenvalue weighted by molar-refractivity contribution is 0.168. The van der Waals surface area contributed by atoms with Crippen LogP contribution in [0, 0.1) is 17.8 Å². The SMILES string of the molecule is CCCC1CCC(CNCC)C(Cc2cccnc2)C1. The molecule has 1 saturated carbocycles. The van der Waals surface area contributed by atoms with E-state index in [1.54, 1.807) is 0 Å². The number of hydrogen-bond acceptors (Lipinski definition) is 2. The Labute approximate surface area is 124 Å². The van der Waals surface area contributed by atoms with Crippen LogP contribution in [0.5, 0.6) is 0 Å². The van der Waals surface area contributed by atoms with Crippen LogP contribution in [0.25, 0.3) is 0 Å². The smallest absolute Gasteiger partial charge is 0.0299 e. The minimum Gasteiger partial charge on any atom is -0.317 e. The highest BCUT2D eigenvalue weighted by atomic mass is 14.8. The molecule has 0 aliphatic heterocycles. The predicted molar refractivity (Wildman–Crippen MR) is 85.7 cm³/mol. The van der Waals surface area contributed by atoms with Crippen LogP contribution in [0.3, 0.4) is 0 Å². The van der Waals surface area contributed by atoms with Crippen LogP contribution in [0.2, 0.25) is 0 Å². The third-order valence-corrected chi connectivity index (χ3v) is 4.82. The summed E-state index contributed by atoms with van der Waals surface area (Å²) >= 11 is 0. The summed E-state index contributed by atoms with van der Waals surface area (Å²) in [7, 11) is 0. The molecule has 2 heteroatoms. The lowest BCUT2D eigenvalue weighted by Gasteiger charge is -2.36. The molecule has 20 heavy (non-hydrogen) atoms. The van der Waals surface area contributed by atoms with Gasteiger partial charge in [-0.1, -0.05) is 39.2 Å². The zero-order valence-corrected chi connectivity index (χ0v) is 13.1. The Hall–Kier alpha value is -0.890. The summed E-state index contributed by atoms with van der Waals surface area (Å²) in [6, 6.07) is 4.31. The summed E-state index contributed by atoms with van der Waals surface area (Å²) < 4.78 is 0. The third kappa shape index (κ3) is 4.59. The zero-order valence-electron chi connectivity index (χ0n) is 13.1. The number of pyridine rings is 1. The molecule has 0 bridgehead atoms. The molecule has 1 aliphatic carbocycles.